The van der Waals surface area contributed by atoms with Gasteiger partial charge in [-0.2, -0.15) is 0 Å². The van der Waals surface area contributed by atoms with Gasteiger partial charge in [-0.15, -0.1) is 0 Å². The first-order valence-corrected chi connectivity index (χ1v) is 8.07. The predicted molar refractivity (Wildman–Crippen MR) is 97.4 cm³/mol. The van der Waals surface area contributed by atoms with Crippen LogP contribution in [0.2, 0.25) is 0 Å². The van der Waals surface area contributed by atoms with Crippen LogP contribution >= 0.6 is 0 Å². The molecule has 2 N–H and O–H groups in total. The van der Waals surface area contributed by atoms with Gasteiger partial charge in [-0.25, -0.2) is 4.79 Å². The summed E-state index contributed by atoms with van der Waals surface area (Å²) < 4.78 is 0. The standard InChI is InChI=1S/C19H15N3O5/c23-18(14-8-3-6-12-7-4-10-20-17(12)14)21-15(19(24)25)11-13-5-1-2-9-16(13)22(26)27/h1-10,15H,11H2,(H,21,23)(H,24,25)/t15-/m1/s1. The number of pyridine rings is 1. The van der Waals surface area contributed by atoms with E-state index in [-0.39, 0.29) is 23.2 Å². The molecule has 3 aromatic rings. The molecule has 27 heavy (non-hydrogen) atoms. The summed E-state index contributed by atoms with van der Waals surface area (Å²) in [6, 6.07) is 13.1. The van der Waals surface area contributed by atoms with Crippen molar-refractivity contribution in [2.24, 2.45) is 0 Å². The Bertz CT molecular complexity index is 1030. The maximum atomic E-state index is 12.6. The zero-order chi connectivity index (χ0) is 19.4. The fourth-order valence-electron chi connectivity index (χ4n) is 2.80. The molecule has 8 nitrogen and oxygen atoms in total. The average Bonchev–Trinajstić information content (AvgIpc) is 2.67. The molecule has 136 valence electrons. The minimum atomic E-state index is -1.32. The van der Waals surface area contributed by atoms with Gasteiger partial charge in [0.15, 0.2) is 0 Å². The molecule has 0 aliphatic carbocycles. The lowest BCUT2D eigenvalue weighted by Gasteiger charge is -2.15. The Morgan fingerprint density at radius 3 is 2.59 bits per heavy atom. The topological polar surface area (TPSA) is 122 Å². The maximum Gasteiger partial charge on any atom is 0.326 e. The summed E-state index contributed by atoms with van der Waals surface area (Å²) >= 11 is 0. The number of nitro benzene ring substituents is 1. The van der Waals surface area contributed by atoms with Crippen LogP contribution in [-0.4, -0.2) is 32.9 Å². The molecular formula is C19H15N3O5. The minimum absolute atomic E-state index is 0.190. The molecule has 0 radical (unpaired) electrons. The monoisotopic (exact) mass is 365 g/mol. The van der Waals surface area contributed by atoms with Crippen LogP contribution in [0.1, 0.15) is 15.9 Å². The molecule has 0 fully saturated rings. The smallest absolute Gasteiger partial charge is 0.326 e. The quantitative estimate of drug-likeness (QED) is 0.511. The Morgan fingerprint density at radius 1 is 1.11 bits per heavy atom. The number of benzene rings is 2. The lowest BCUT2D eigenvalue weighted by molar-refractivity contribution is -0.385. The zero-order valence-electron chi connectivity index (χ0n) is 14.0. The Kier molecular flexibility index (Phi) is 5.07. The van der Waals surface area contributed by atoms with E-state index in [1.165, 1.54) is 18.2 Å². The maximum absolute atomic E-state index is 12.6. The molecule has 2 aromatic carbocycles. The number of rotatable bonds is 6. The third-order valence-electron chi connectivity index (χ3n) is 4.09. The predicted octanol–water partition coefficient (Wildman–Crippen LogP) is 2.57. The normalized spacial score (nSPS) is 11.7. The number of amides is 1. The molecular weight excluding hydrogens is 350 g/mol. The van der Waals surface area contributed by atoms with Crippen LogP contribution in [0, 0.1) is 10.1 Å². The third kappa shape index (κ3) is 3.90. The number of carboxylic acids is 1. The fraction of sp³-hybridized carbons (Fsp3) is 0.105. The van der Waals surface area contributed by atoms with Crippen molar-refractivity contribution >= 4 is 28.5 Å². The van der Waals surface area contributed by atoms with Crippen molar-refractivity contribution in [3.63, 3.8) is 0 Å². The van der Waals surface area contributed by atoms with Crippen molar-refractivity contribution in [3.8, 4) is 0 Å². The number of aliphatic carboxylic acids is 1. The minimum Gasteiger partial charge on any atom is -0.480 e. The van der Waals surface area contributed by atoms with E-state index in [0.717, 1.165) is 5.39 Å². The van der Waals surface area contributed by atoms with Crippen LogP contribution in [-0.2, 0) is 11.2 Å². The van der Waals surface area contributed by atoms with Crippen molar-refractivity contribution in [1.82, 2.24) is 10.3 Å². The van der Waals surface area contributed by atoms with Crippen molar-refractivity contribution in [2.45, 2.75) is 12.5 Å². The second-order valence-electron chi connectivity index (χ2n) is 5.83. The van der Waals surface area contributed by atoms with Gasteiger partial charge in [0.25, 0.3) is 11.6 Å². The number of carbonyl (C=O) groups excluding carboxylic acids is 1. The molecule has 3 rings (SSSR count). The van der Waals surface area contributed by atoms with E-state index in [1.54, 1.807) is 42.6 Å². The summed E-state index contributed by atoms with van der Waals surface area (Å²) in [7, 11) is 0. The fourth-order valence-corrected chi connectivity index (χ4v) is 2.80. The molecule has 0 unspecified atom stereocenters. The van der Waals surface area contributed by atoms with E-state index in [2.05, 4.69) is 10.3 Å². The van der Waals surface area contributed by atoms with Gasteiger partial charge in [-0.1, -0.05) is 36.4 Å². The van der Waals surface area contributed by atoms with E-state index >= 15 is 0 Å². The summed E-state index contributed by atoms with van der Waals surface area (Å²) in [5.41, 5.74) is 0.727. The third-order valence-corrected chi connectivity index (χ3v) is 4.09. The van der Waals surface area contributed by atoms with Crippen molar-refractivity contribution in [1.29, 1.82) is 0 Å². The molecule has 0 saturated heterocycles. The molecule has 8 heteroatoms. The van der Waals surface area contributed by atoms with Gasteiger partial charge in [0.05, 0.1) is 16.0 Å². The molecule has 1 aromatic heterocycles. The highest BCUT2D eigenvalue weighted by Gasteiger charge is 2.25. The van der Waals surface area contributed by atoms with Crippen molar-refractivity contribution in [2.75, 3.05) is 0 Å². The van der Waals surface area contributed by atoms with Crippen molar-refractivity contribution < 1.29 is 19.6 Å². The number of nitrogens with zero attached hydrogens (tertiary/aromatic N) is 2. The molecule has 0 aliphatic rings. The largest absolute Gasteiger partial charge is 0.480 e. The van der Waals surface area contributed by atoms with Crippen LogP contribution in [0.15, 0.2) is 60.8 Å². The number of hydrogen-bond donors (Lipinski definition) is 2. The molecule has 1 atom stereocenters. The number of aromatic nitrogens is 1. The summed E-state index contributed by atoms with van der Waals surface area (Å²) in [6.45, 7) is 0. The van der Waals surface area contributed by atoms with E-state index in [0.29, 0.717) is 5.52 Å². The second kappa shape index (κ2) is 7.61. The van der Waals surface area contributed by atoms with Gasteiger partial charge in [0, 0.05) is 29.6 Å². The lowest BCUT2D eigenvalue weighted by Crippen LogP contribution is -2.42. The van der Waals surface area contributed by atoms with Crippen LogP contribution in [0.25, 0.3) is 10.9 Å². The van der Waals surface area contributed by atoms with E-state index < -0.39 is 22.8 Å². The number of carbonyl (C=O) groups is 2. The number of nitro groups is 1. The van der Waals surface area contributed by atoms with Gasteiger partial charge in [0.1, 0.15) is 6.04 Å². The molecule has 0 bridgehead atoms. The number of carboxylic acid groups (broad SMARTS) is 1. The molecule has 0 aliphatic heterocycles. The van der Waals surface area contributed by atoms with Gasteiger partial charge in [-0.05, 0) is 12.1 Å². The Morgan fingerprint density at radius 2 is 1.85 bits per heavy atom. The Balaban J connectivity index is 1.88. The number of para-hydroxylation sites is 2. The highest BCUT2D eigenvalue weighted by Crippen LogP contribution is 2.20. The van der Waals surface area contributed by atoms with E-state index in [9.17, 15) is 24.8 Å². The SMILES string of the molecule is O=C(N[C@H](Cc1ccccc1[N+](=O)[O-])C(=O)O)c1cccc2cccnc12. The molecule has 1 heterocycles. The average molecular weight is 365 g/mol. The summed E-state index contributed by atoms with van der Waals surface area (Å²) in [4.78, 5) is 39.0. The Hall–Kier alpha value is -3.81. The first kappa shape index (κ1) is 18.0. The van der Waals surface area contributed by atoms with Crippen LogP contribution in [0.4, 0.5) is 5.69 Å². The van der Waals surface area contributed by atoms with Crippen LogP contribution in [0.3, 0.4) is 0 Å². The first-order chi connectivity index (χ1) is 13.0. The summed E-state index contributed by atoms with van der Waals surface area (Å²) in [6.07, 6.45) is 1.33. The zero-order valence-corrected chi connectivity index (χ0v) is 14.0. The van der Waals surface area contributed by atoms with Gasteiger partial charge >= 0.3 is 5.97 Å². The number of hydrogen-bond acceptors (Lipinski definition) is 5. The number of nitrogens with one attached hydrogen (secondary N) is 1. The van der Waals surface area contributed by atoms with E-state index in [1.807, 2.05) is 0 Å². The Labute approximate surface area is 153 Å². The van der Waals surface area contributed by atoms with Gasteiger partial charge in [-0.3, -0.25) is 19.9 Å². The summed E-state index contributed by atoms with van der Waals surface area (Å²) in [5, 5.41) is 23.8. The first-order valence-electron chi connectivity index (χ1n) is 8.07. The van der Waals surface area contributed by atoms with Crippen LogP contribution < -0.4 is 5.32 Å². The number of fused-ring (bicyclic) bond motifs is 1. The highest BCUT2D eigenvalue weighted by molar-refractivity contribution is 6.06. The van der Waals surface area contributed by atoms with Gasteiger partial charge in [0.2, 0.25) is 0 Å². The summed E-state index contributed by atoms with van der Waals surface area (Å²) in [5.74, 6) is -1.89. The molecule has 0 spiro atoms. The van der Waals surface area contributed by atoms with Crippen LogP contribution in [0.5, 0.6) is 0 Å². The van der Waals surface area contributed by atoms with E-state index in [4.69, 9.17) is 0 Å². The highest BCUT2D eigenvalue weighted by atomic mass is 16.6. The van der Waals surface area contributed by atoms with Gasteiger partial charge < -0.3 is 10.4 Å². The van der Waals surface area contributed by atoms with Crippen molar-refractivity contribution in [3.05, 3.63) is 82.0 Å². The lowest BCUT2D eigenvalue weighted by atomic mass is 10.0. The second-order valence-corrected chi connectivity index (χ2v) is 5.83. The molecule has 0 saturated carbocycles. The molecule has 1 amide bonds.